The van der Waals surface area contributed by atoms with Gasteiger partial charge in [-0.3, -0.25) is 9.59 Å². The standard InChI is InChI=1S/C20H19F2N3O5S3/c1-30-16(26)11-25-18-14(22)9-13(21)10-15(18)32-20(25)23-19(27)12-4-6-24(7-5-12)33(28,29)17-3-2-8-31-17/h2-3,8-10,12H,4-7,11H2,1H3. The van der Waals surface area contributed by atoms with Crippen LogP contribution in [0.5, 0.6) is 0 Å². The Balaban J connectivity index is 1.60. The summed E-state index contributed by atoms with van der Waals surface area (Å²) in [5.74, 6) is -3.39. The predicted octanol–water partition coefficient (Wildman–Crippen LogP) is 2.74. The van der Waals surface area contributed by atoms with Crippen LogP contribution >= 0.6 is 22.7 Å². The summed E-state index contributed by atoms with van der Waals surface area (Å²) < 4.78 is 61.1. The van der Waals surface area contributed by atoms with Crippen LogP contribution in [0, 0.1) is 17.6 Å². The van der Waals surface area contributed by atoms with Crippen molar-refractivity contribution < 1.29 is 31.5 Å². The summed E-state index contributed by atoms with van der Waals surface area (Å²) in [5.41, 5.74) is -0.0461. The average Bonchev–Trinajstić information content (AvgIpc) is 3.43. The molecule has 3 heterocycles. The normalized spacial score (nSPS) is 16.4. The van der Waals surface area contributed by atoms with E-state index in [4.69, 9.17) is 0 Å². The Bertz CT molecular complexity index is 1370. The van der Waals surface area contributed by atoms with Crippen LogP contribution in [0.15, 0.2) is 38.8 Å². The molecule has 13 heteroatoms. The third kappa shape index (κ3) is 4.76. The smallest absolute Gasteiger partial charge is 0.325 e. The molecule has 0 radical (unpaired) electrons. The van der Waals surface area contributed by atoms with E-state index < -0.39 is 46.0 Å². The van der Waals surface area contributed by atoms with Crippen LogP contribution in [-0.4, -0.2) is 49.4 Å². The quantitative estimate of drug-likeness (QED) is 0.487. The number of sulfonamides is 1. The summed E-state index contributed by atoms with van der Waals surface area (Å²) >= 11 is 2.02. The van der Waals surface area contributed by atoms with Crippen LogP contribution in [-0.2, 0) is 30.9 Å². The fourth-order valence-corrected chi connectivity index (χ4v) is 7.31. The van der Waals surface area contributed by atoms with Crippen LogP contribution in [0.2, 0.25) is 0 Å². The first-order valence-corrected chi connectivity index (χ1v) is 13.0. The largest absolute Gasteiger partial charge is 0.468 e. The number of piperidine rings is 1. The molecule has 1 aliphatic rings. The van der Waals surface area contributed by atoms with Crippen molar-refractivity contribution in [3.05, 3.63) is 46.1 Å². The number of carbonyl (C=O) groups excluding carboxylic acids is 2. The average molecular weight is 516 g/mol. The molecule has 0 unspecified atom stereocenters. The van der Waals surface area contributed by atoms with Crippen molar-refractivity contribution in [2.45, 2.75) is 23.6 Å². The summed E-state index contributed by atoms with van der Waals surface area (Å²) in [6, 6.07) is 5.00. The molecule has 8 nitrogen and oxygen atoms in total. The lowest BCUT2D eigenvalue weighted by Gasteiger charge is -2.29. The number of hydrogen-bond acceptors (Lipinski definition) is 7. The molecule has 2 aromatic heterocycles. The van der Waals surface area contributed by atoms with Gasteiger partial charge in [0.05, 0.1) is 17.3 Å². The van der Waals surface area contributed by atoms with Crippen molar-refractivity contribution in [3.63, 3.8) is 0 Å². The third-order valence-corrected chi connectivity index (χ3v) is 9.61. The molecular weight excluding hydrogens is 496 g/mol. The van der Waals surface area contributed by atoms with E-state index in [0.717, 1.165) is 28.7 Å². The molecule has 33 heavy (non-hydrogen) atoms. The molecule has 176 valence electrons. The minimum atomic E-state index is -3.60. The maximum absolute atomic E-state index is 14.4. The third-order valence-electron chi connectivity index (χ3n) is 5.31. The summed E-state index contributed by atoms with van der Waals surface area (Å²) in [4.78, 5) is 28.8. The van der Waals surface area contributed by atoms with Crippen LogP contribution in [0.4, 0.5) is 8.78 Å². The van der Waals surface area contributed by atoms with E-state index in [0.29, 0.717) is 6.07 Å². The summed E-state index contributed by atoms with van der Waals surface area (Å²) in [5, 5.41) is 1.69. The van der Waals surface area contributed by atoms with Crippen molar-refractivity contribution in [2.24, 2.45) is 10.9 Å². The summed E-state index contributed by atoms with van der Waals surface area (Å²) in [7, 11) is -2.42. The van der Waals surface area contributed by atoms with E-state index in [9.17, 15) is 26.8 Å². The van der Waals surface area contributed by atoms with Crippen molar-refractivity contribution in [1.82, 2.24) is 8.87 Å². The number of nitrogens with zero attached hydrogens (tertiary/aromatic N) is 3. The Morgan fingerprint density at radius 1 is 1.24 bits per heavy atom. The van der Waals surface area contributed by atoms with Gasteiger partial charge in [0.2, 0.25) is 0 Å². The first-order chi connectivity index (χ1) is 15.7. The van der Waals surface area contributed by atoms with E-state index in [-0.39, 0.29) is 45.2 Å². The number of rotatable bonds is 5. The molecule has 3 aromatic rings. The number of ether oxygens (including phenoxy) is 1. The zero-order valence-corrected chi connectivity index (χ0v) is 19.8. The highest BCUT2D eigenvalue weighted by atomic mass is 32.2. The predicted molar refractivity (Wildman–Crippen MR) is 118 cm³/mol. The van der Waals surface area contributed by atoms with Crippen LogP contribution in [0.3, 0.4) is 0 Å². The molecule has 1 saturated heterocycles. The molecule has 0 atom stereocenters. The van der Waals surface area contributed by atoms with Gasteiger partial charge in [-0.1, -0.05) is 17.4 Å². The van der Waals surface area contributed by atoms with E-state index in [2.05, 4.69) is 9.73 Å². The van der Waals surface area contributed by atoms with E-state index in [1.165, 1.54) is 22.0 Å². The number of hydrogen-bond donors (Lipinski definition) is 0. The number of carbonyl (C=O) groups is 2. The zero-order chi connectivity index (χ0) is 23.8. The van der Waals surface area contributed by atoms with Gasteiger partial charge in [-0.05, 0) is 30.4 Å². The Kier molecular flexibility index (Phi) is 6.75. The van der Waals surface area contributed by atoms with E-state index in [1.54, 1.807) is 11.4 Å². The number of benzene rings is 1. The van der Waals surface area contributed by atoms with Gasteiger partial charge in [0.1, 0.15) is 16.6 Å². The number of halogens is 2. The Morgan fingerprint density at radius 3 is 2.61 bits per heavy atom. The van der Waals surface area contributed by atoms with Gasteiger partial charge in [-0.15, -0.1) is 11.3 Å². The number of thiophene rings is 1. The second-order valence-corrected chi connectivity index (χ2v) is 11.5. The molecule has 1 amide bonds. The lowest BCUT2D eigenvalue weighted by Crippen LogP contribution is -2.40. The fourth-order valence-electron chi connectivity index (χ4n) is 3.62. The second kappa shape index (κ2) is 9.41. The van der Waals surface area contributed by atoms with Gasteiger partial charge in [-0.25, -0.2) is 17.2 Å². The highest BCUT2D eigenvalue weighted by molar-refractivity contribution is 7.91. The first-order valence-electron chi connectivity index (χ1n) is 9.88. The molecule has 0 N–H and O–H groups in total. The topological polar surface area (TPSA) is 98.0 Å². The number of esters is 1. The molecular formula is C20H19F2N3O5S3. The SMILES string of the molecule is COC(=O)Cn1c(=NC(=O)C2CCN(S(=O)(=O)c3cccs3)CC2)sc2cc(F)cc(F)c21. The number of amides is 1. The Labute approximate surface area is 195 Å². The monoisotopic (exact) mass is 515 g/mol. The van der Waals surface area contributed by atoms with Crippen molar-refractivity contribution in [1.29, 1.82) is 0 Å². The molecule has 0 bridgehead atoms. The fraction of sp³-hybridized carbons (Fsp3) is 0.350. The van der Waals surface area contributed by atoms with Crippen molar-refractivity contribution in [2.75, 3.05) is 20.2 Å². The molecule has 0 aliphatic carbocycles. The summed E-state index contributed by atoms with van der Waals surface area (Å²) in [6.45, 7) is -0.0657. The first kappa shape index (κ1) is 23.7. The van der Waals surface area contributed by atoms with E-state index in [1.807, 2.05) is 0 Å². The minimum Gasteiger partial charge on any atom is -0.468 e. The van der Waals surface area contributed by atoms with Gasteiger partial charge in [0, 0.05) is 25.1 Å². The lowest BCUT2D eigenvalue weighted by atomic mass is 9.98. The number of aromatic nitrogens is 1. The second-order valence-electron chi connectivity index (χ2n) is 7.34. The van der Waals surface area contributed by atoms with Crippen molar-refractivity contribution in [3.8, 4) is 0 Å². The molecule has 0 spiro atoms. The highest BCUT2D eigenvalue weighted by Gasteiger charge is 2.32. The minimum absolute atomic E-state index is 0.0403. The molecule has 4 rings (SSSR count). The highest BCUT2D eigenvalue weighted by Crippen LogP contribution is 2.27. The Hall–Kier alpha value is -2.48. The maximum Gasteiger partial charge on any atom is 0.325 e. The van der Waals surface area contributed by atoms with E-state index >= 15 is 0 Å². The van der Waals surface area contributed by atoms with Crippen molar-refractivity contribution >= 4 is 54.8 Å². The summed E-state index contributed by atoms with van der Waals surface area (Å²) in [6.07, 6.45) is 0.551. The molecule has 0 saturated carbocycles. The number of methoxy groups -OCH3 is 1. The molecule has 1 aromatic carbocycles. The number of thiazole rings is 1. The zero-order valence-electron chi connectivity index (χ0n) is 17.4. The molecule has 1 aliphatic heterocycles. The van der Waals surface area contributed by atoms with Gasteiger partial charge in [0.25, 0.3) is 15.9 Å². The van der Waals surface area contributed by atoms with Crippen LogP contribution in [0.1, 0.15) is 12.8 Å². The van der Waals surface area contributed by atoms with Gasteiger partial charge in [0.15, 0.2) is 10.6 Å². The van der Waals surface area contributed by atoms with Crippen LogP contribution < -0.4 is 4.80 Å². The maximum atomic E-state index is 14.4. The number of fused-ring (bicyclic) bond motifs is 1. The lowest BCUT2D eigenvalue weighted by molar-refractivity contribution is -0.141. The van der Waals surface area contributed by atoms with Crippen LogP contribution in [0.25, 0.3) is 10.2 Å². The Morgan fingerprint density at radius 2 is 1.97 bits per heavy atom. The van der Waals surface area contributed by atoms with Gasteiger partial charge >= 0.3 is 5.97 Å². The molecule has 1 fully saturated rings. The van der Waals surface area contributed by atoms with Gasteiger partial charge < -0.3 is 9.30 Å². The van der Waals surface area contributed by atoms with Gasteiger partial charge in [-0.2, -0.15) is 9.30 Å².